The number of esters is 2. The highest BCUT2D eigenvalue weighted by atomic mass is 16.7. The van der Waals surface area contributed by atoms with Crippen molar-refractivity contribution < 1.29 is 48.3 Å². The van der Waals surface area contributed by atoms with E-state index in [0.29, 0.717) is 48.3 Å². The van der Waals surface area contributed by atoms with Gasteiger partial charge in [-0.2, -0.15) is 0 Å². The number of hydrogen-bond acceptors (Lipinski definition) is 11. The lowest BCUT2D eigenvalue weighted by atomic mass is 9.71. The lowest BCUT2D eigenvalue weighted by molar-refractivity contribution is -0.335. The summed E-state index contributed by atoms with van der Waals surface area (Å²) in [6.45, 7) is 9.88. The average molecular weight is 720 g/mol. The number of oxime groups is 1. The molecule has 1 aromatic rings. The Bertz CT molecular complexity index is 1630. The second kappa shape index (κ2) is 15.8. The van der Waals surface area contributed by atoms with Crippen LogP contribution in [-0.2, 0) is 38.1 Å². The standard InChI is InChI=1S/C41H53NO10/c1-7-33-24(2)18-19-40(52-33)22-31-21-30(51-40)17-16-26(4)36(50-39(45)34(42-47-6)28-13-9-8-10-14-28)25(3)12-11-15-29-23-48-37-35(43)27(5)20-32(38(44)49-31)41(29,37)46/h8-16,20,24-25,30-33,35-37,43,46H,7,17-19,21-23H2,1-6H3/b12-11+,26-16+,29-15+,42-34?/t24-,25-,30+,31-,32-,33+,35+,36+,37+,40+,41+/m0/s1. The van der Waals surface area contributed by atoms with Gasteiger partial charge in [-0.1, -0.05) is 86.6 Å². The highest BCUT2D eigenvalue weighted by molar-refractivity contribution is 6.43. The molecule has 4 heterocycles. The van der Waals surface area contributed by atoms with E-state index in [9.17, 15) is 19.8 Å². The topological polar surface area (TPSA) is 142 Å². The van der Waals surface area contributed by atoms with E-state index in [1.165, 1.54) is 7.11 Å². The number of allylic oxidation sites excluding steroid dienone is 2. The average Bonchev–Trinajstić information content (AvgIpc) is 3.47. The molecule has 2 bridgehead atoms. The third-order valence-electron chi connectivity index (χ3n) is 11.4. The summed E-state index contributed by atoms with van der Waals surface area (Å²) in [6.07, 6.45) is 8.81. The zero-order valence-corrected chi connectivity index (χ0v) is 31.0. The Morgan fingerprint density at radius 1 is 1.10 bits per heavy atom. The minimum Gasteiger partial charge on any atom is -0.462 e. The lowest BCUT2D eigenvalue weighted by Crippen LogP contribution is -2.58. The third-order valence-corrected chi connectivity index (χ3v) is 11.4. The number of nitrogens with zero attached hydrogens (tertiary/aromatic N) is 1. The molecule has 52 heavy (non-hydrogen) atoms. The monoisotopic (exact) mass is 719 g/mol. The number of benzene rings is 1. The Morgan fingerprint density at radius 2 is 1.87 bits per heavy atom. The molecule has 11 atom stereocenters. The highest BCUT2D eigenvalue weighted by Gasteiger charge is 2.60. The van der Waals surface area contributed by atoms with Crippen LogP contribution in [0.2, 0.25) is 0 Å². The Hall–Kier alpha value is -3.61. The van der Waals surface area contributed by atoms with Gasteiger partial charge >= 0.3 is 11.9 Å². The third kappa shape index (κ3) is 7.57. The zero-order chi connectivity index (χ0) is 37.2. The van der Waals surface area contributed by atoms with Gasteiger partial charge in [-0.15, -0.1) is 0 Å². The van der Waals surface area contributed by atoms with Crippen molar-refractivity contribution >= 4 is 17.7 Å². The SMILES string of the molecule is CC[C@H]1O[C@]2(CC[C@@H]1C)C[C@@H]1C[C@@H](C/C=C(\C)[C@H](OC(=O)C(=NOC)c3ccccc3)[C@@H](C)/C=C/C=C3\CO[C@@H]4[C@H](O)C(C)=C[C@@H](C(=O)O1)[C@]34O)O2. The van der Waals surface area contributed by atoms with Crippen molar-refractivity contribution in [3.63, 3.8) is 0 Å². The molecular weight excluding hydrogens is 666 g/mol. The normalized spacial score (nSPS) is 41.0. The van der Waals surface area contributed by atoms with Crippen LogP contribution in [-0.4, -0.2) is 89.6 Å². The Balaban J connectivity index is 1.39. The quantitative estimate of drug-likeness (QED) is 0.174. The molecule has 6 rings (SSSR count). The fourth-order valence-electron chi connectivity index (χ4n) is 8.43. The molecule has 5 aliphatic rings. The minimum absolute atomic E-state index is 0.00166. The van der Waals surface area contributed by atoms with Crippen LogP contribution in [0.3, 0.4) is 0 Å². The summed E-state index contributed by atoms with van der Waals surface area (Å²) in [6, 6.07) is 9.00. The second-order valence-corrected chi connectivity index (χ2v) is 15.1. The highest BCUT2D eigenvalue weighted by Crippen LogP contribution is 2.47. The van der Waals surface area contributed by atoms with Crippen molar-refractivity contribution in [3.05, 3.63) is 83.0 Å². The van der Waals surface area contributed by atoms with Crippen LogP contribution in [0.5, 0.6) is 0 Å². The molecule has 2 N–H and O–H groups in total. The molecule has 3 fully saturated rings. The van der Waals surface area contributed by atoms with Gasteiger partial charge in [0, 0.05) is 30.7 Å². The van der Waals surface area contributed by atoms with Crippen LogP contribution >= 0.6 is 0 Å². The molecule has 0 aromatic heterocycles. The first-order chi connectivity index (χ1) is 24.9. The molecule has 1 aromatic carbocycles. The predicted molar refractivity (Wildman–Crippen MR) is 193 cm³/mol. The minimum atomic E-state index is -1.84. The Kier molecular flexibility index (Phi) is 11.6. The van der Waals surface area contributed by atoms with Crippen LogP contribution < -0.4 is 0 Å². The molecule has 0 unspecified atom stereocenters. The van der Waals surface area contributed by atoms with E-state index in [0.717, 1.165) is 18.4 Å². The van der Waals surface area contributed by atoms with Gasteiger partial charge in [-0.3, -0.25) is 4.79 Å². The summed E-state index contributed by atoms with van der Waals surface area (Å²) in [5.41, 5.74) is 0.535. The van der Waals surface area contributed by atoms with E-state index in [2.05, 4.69) is 19.0 Å². The van der Waals surface area contributed by atoms with Gasteiger partial charge in [-0.25, -0.2) is 4.79 Å². The van der Waals surface area contributed by atoms with Crippen LogP contribution in [0, 0.1) is 17.8 Å². The summed E-state index contributed by atoms with van der Waals surface area (Å²) in [5, 5.41) is 27.4. The van der Waals surface area contributed by atoms with E-state index >= 15 is 0 Å². The van der Waals surface area contributed by atoms with Crippen molar-refractivity contribution in [2.24, 2.45) is 22.9 Å². The number of aliphatic hydroxyl groups is 2. The summed E-state index contributed by atoms with van der Waals surface area (Å²) in [7, 11) is 1.38. The van der Waals surface area contributed by atoms with Crippen LogP contribution in [0.4, 0.5) is 0 Å². The fraction of sp³-hybridized carbons (Fsp3) is 0.585. The summed E-state index contributed by atoms with van der Waals surface area (Å²) in [4.78, 5) is 32.9. The fourth-order valence-corrected chi connectivity index (χ4v) is 8.43. The molecule has 4 aliphatic heterocycles. The van der Waals surface area contributed by atoms with Crippen molar-refractivity contribution in [2.75, 3.05) is 13.7 Å². The molecule has 11 nitrogen and oxygen atoms in total. The molecule has 1 spiro atoms. The van der Waals surface area contributed by atoms with Crippen molar-refractivity contribution in [1.82, 2.24) is 0 Å². The molecule has 282 valence electrons. The Labute approximate surface area is 306 Å². The van der Waals surface area contributed by atoms with Crippen molar-refractivity contribution in [2.45, 2.75) is 121 Å². The maximum Gasteiger partial charge on any atom is 0.361 e. The van der Waals surface area contributed by atoms with Crippen LogP contribution in [0.15, 0.2) is 82.6 Å². The summed E-state index contributed by atoms with van der Waals surface area (Å²) < 4.78 is 32.0. The van der Waals surface area contributed by atoms with E-state index < -0.39 is 53.7 Å². The van der Waals surface area contributed by atoms with Gasteiger partial charge in [0.2, 0.25) is 0 Å². The number of carbonyl (C=O) groups excluding carboxylic acids is 2. The molecule has 3 saturated heterocycles. The molecular formula is C41H53NO10. The second-order valence-electron chi connectivity index (χ2n) is 15.1. The number of aliphatic hydroxyl groups excluding tert-OH is 1. The first kappa shape index (κ1) is 38.1. The van der Waals surface area contributed by atoms with Crippen LogP contribution in [0.1, 0.15) is 78.7 Å². The van der Waals surface area contributed by atoms with Gasteiger partial charge in [0.15, 0.2) is 11.5 Å². The number of ether oxygens (including phenoxy) is 5. The van der Waals surface area contributed by atoms with Crippen molar-refractivity contribution in [3.8, 4) is 0 Å². The number of carbonyl (C=O) groups is 2. The molecule has 11 heteroatoms. The number of hydrogen-bond donors (Lipinski definition) is 2. The number of rotatable bonds is 5. The summed E-state index contributed by atoms with van der Waals surface area (Å²) >= 11 is 0. The molecule has 0 saturated carbocycles. The maximum absolute atomic E-state index is 14.1. The zero-order valence-electron chi connectivity index (χ0n) is 31.0. The van der Waals surface area contributed by atoms with Crippen molar-refractivity contribution in [1.29, 1.82) is 0 Å². The first-order valence-electron chi connectivity index (χ1n) is 18.6. The van der Waals surface area contributed by atoms with Gasteiger partial charge in [0.05, 0.1) is 18.8 Å². The van der Waals surface area contributed by atoms with Gasteiger partial charge in [0.25, 0.3) is 0 Å². The van der Waals surface area contributed by atoms with Gasteiger partial charge < -0.3 is 38.7 Å². The molecule has 0 radical (unpaired) electrons. The van der Waals surface area contributed by atoms with Gasteiger partial charge in [-0.05, 0) is 55.7 Å². The Morgan fingerprint density at radius 3 is 2.60 bits per heavy atom. The molecule has 1 aliphatic carbocycles. The van der Waals surface area contributed by atoms with Crippen LogP contribution in [0.25, 0.3) is 0 Å². The van der Waals surface area contributed by atoms with E-state index in [4.69, 9.17) is 28.5 Å². The maximum atomic E-state index is 14.1. The predicted octanol–water partition coefficient (Wildman–Crippen LogP) is 5.50. The van der Waals surface area contributed by atoms with E-state index in [1.54, 1.807) is 37.3 Å². The van der Waals surface area contributed by atoms with E-state index in [1.807, 2.05) is 44.2 Å². The summed E-state index contributed by atoms with van der Waals surface area (Å²) in [5.74, 6) is -3.24. The largest absolute Gasteiger partial charge is 0.462 e. The van der Waals surface area contributed by atoms with E-state index in [-0.39, 0.29) is 30.4 Å². The van der Waals surface area contributed by atoms with Gasteiger partial charge in [0.1, 0.15) is 43.0 Å². The smallest absolute Gasteiger partial charge is 0.361 e. The molecule has 0 amide bonds. The number of fused-ring (bicyclic) bond motifs is 2. The lowest BCUT2D eigenvalue weighted by Gasteiger charge is -2.50. The first-order valence-corrected chi connectivity index (χ1v) is 18.6.